The minimum absolute atomic E-state index is 0.0875. The molecule has 0 saturated heterocycles. The average Bonchev–Trinajstić information content (AvgIpc) is 2.76. The summed E-state index contributed by atoms with van der Waals surface area (Å²) in [5.74, 6) is -1.07. The van der Waals surface area contributed by atoms with Gasteiger partial charge in [0.15, 0.2) is 0 Å². The van der Waals surface area contributed by atoms with Crippen LogP contribution >= 0.6 is 0 Å². The average molecular weight is 256 g/mol. The fourth-order valence-corrected chi connectivity index (χ4v) is 2.48. The van der Waals surface area contributed by atoms with Crippen molar-refractivity contribution in [3.05, 3.63) is 0 Å². The van der Waals surface area contributed by atoms with E-state index in [-0.39, 0.29) is 17.7 Å². The Morgan fingerprint density at radius 3 is 2.22 bits per heavy atom. The monoisotopic (exact) mass is 256 g/mol. The van der Waals surface area contributed by atoms with Crippen molar-refractivity contribution in [2.45, 2.75) is 25.7 Å². The Labute approximate surface area is 109 Å². The Morgan fingerprint density at radius 2 is 1.72 bits per heavy atom. The highest BCUT2D eigenvalue weighted by Crippen LogP contribution is 2.32. The third-order valence-electron chi connectivity index (χ3n) is 3.61. The zero-order valence-corrected chi connectivity index (χ0v) is 11.6. The maximum atomic E-state index is 12.1. The minimum Gasteiger partial charge on any atom is -0.481 e. The molecule has 1 rings (SSSR count). The summed E-state index contributed by atoms with van der Waals surface area (Å²) in [5.41, 5.74) is 0. The molecule has 0 aliphatic heterocycles. The largest absolute Gasteiger partial charge is 0.481 e. The van der Waals surface area contributed by atoms with Crippen molar-refractivity contribution < 1.29 is 14.7 Å². The van der Waals surface area contributed by atoms with Crippen LogP contribution in [0.5, 0.6) is 0 Å². The number of carbonyl (C=O) groups is 2. The molecule has 2 atom stereocenters. The van der Waals surface area contributed by atoms with Gasteiger partial charge in [-0.05, 0) is 46.3 Å². The molecular weight excluding hydrogens is 232 g/mol. The van der Waals surface area contributed by atoms with Gasteiger partial charge >= 0.3 is 5.97 Å². The molecule has 0 heterocycles. The van der Waals surface area contributed by atoms with Crippen LogP contribution in [0.2, 0.25) is 0 Å². The molecule has 1 amide bonds. The maximum Gasteiger partial charge on any atom is 0.306 e. The maximum absolute atomic E-state index is 12.1. The first-order valence-electron chi connectivity index (χ1n) is 6.54. The first-order chi connectivity index (χ1) is 8.41. The van der Waals surface area contributed by atoms with Crippen LogP contribution in [0.1, 0.15) is 25.7 Å². The van der Waals surface area contributed by atoms with Crippen LogP contribution in [0, 0.1) is 11.8 Å². The molecule has 0 radical (unpaired) electrons. The Kier molecular flexibility index (Phi) is 5.59. The van der Waals surface area contributed by atoms with E-state index in [1.165, 1.54) is 0 Å². The highest BCUT2D eigenvalue weighted by Gasteiger charge is 2.34. The van der Waals surface area contributed by atoms with E-state index in [1.807, 2.05) is 21.1 Å². The number of hydrogen-bond acceptors (Lipinski definition) is 3. The molecule has 1 N–H and O–H groups in total. The zero-order valence-electron chi connectivity index (χ0n) is 11.6. The zero-order chi connectivity index (χ0) is 13.7. The Balaban J connectivity index is 2.33. The summed E-state index contributed by atoms with van der Waals surface area (Å²) < 4.78 is 0. The SMILES string of the molecule is CN(C)CCCN(C)C(=O)C1CCC(C(=O)O)C1. The van der Waals surface area contributed by atoms with Gasteiger partial charge in [-0.1, -0.05) is 0 Å². The van der Waals surface area contributed by atoms with Gasteiger partial charge in [-0.3, -0.25) is 9.59 Å². The third kappa shape index (κ3) is 4.29. The molecule has 1 aliphatic carbocycles. The fourth-order valence-electron chi connectivity index (χ4n) is 2.48. The molecule has 1 aliphatic rings. The summed E-state index contributed by atoms with van der Waals surface area (Å²) in [5, 5.41) is 8.92. The van der Waals surface area contributed by atoms with E-state index < -0.39 is 5.97 Å². The molecule has 5 nitrogen and oxygen atoms in total. The first kappa shape index (κ1) is 15.0. The van der Waals surface area contributed by atoms with E-state index in [9.17, 15) is 9.59 Å². The number of hydrogen-bond donors (Lipinski definition) is 1. The van der Waals surface area contributed by atoms with E-state index in [0.717, 1.165) is 19.5 Å². The quantitative estimate of drug-likeness (QED) is 0.767. The van der Waals surface area contributed by atoms with Gasteiger partial charge < -0.3 is 14.9 Å². The van der Waals surface area contributed by atoms with E-state index in [2.05, 4.69) is 4.90 Å². The predicted molar refractivity (Wildman–Crippen MR) is 69.3 cm³/mol. The molecule has 0 aromatic rings. The topological polar surface area (TPSA) is 60.9 Å². The van der Waals surface area contributed by atoms with Crippen LogP contribution < -0.4 is 0 Å². The van der Waals surface area contributed by atoms with Gasteiger partial charge in [-0.15, -0.1) is 0 Å². The molecule has 5 heteroatoms. The fraction of sp³-hybridized carbons (Fsp3) is 0.846. The number of carbonyl (C=O) groups excluding carboxylic acids is 1. The lowest BCUT2D eigenvalue weighted by atomic mass is 10.0. The van der Waals surface area contributed by atoms with Gasteiger partial charge in [-0.25, -0.2) is 0 Å². The second kappa shape index (κ2) is 6.73. The van der Waals surface area contributed by atoms with Crippen molar-refractivity contribution in [3.63, 3.8) is 0 Å². The van der Waals surface area contributed by atoms with Crippen molar-refractivity contribution in [1.82, 2.24) is 9.80 Å². The van der Waals surface area contributed by atoms with Crippen molar-refractivity contribution in [3.8, 4) is 0 Å². The van der Waals surface area contributed by atoms with Crippen molar-refractivity contribution in [2.24, 2.45) is 11.8 Å². The summed E-state index contributed by atoms with van der Waals surface area (Å²) in [6.45, 7) is 1.70. The molecule has 0 aromatic heterocycles. The standard InChI is InChI=1S/C13H24N2O3/c1-14(2)7-4-8-15(3)12(16)10-5-6-11(9-10)13(17)18/h10-11H,4-9H2,1-3H3,(H,17,18). The summed E-state index contributed by atoms with van der Waals surface area (Å²) in [4.78, 5) is 26.8. The molecule has 1 fully saturated rings. The highest BCUT2D eigenvalue weighted by molar-refractivity contribution is 5.80. The molecule has 0 aromatic carbocycles. The van der Waals surface area contributed by atoms with E-state index in [4.69, 9.17) is 5.11 Å². The van der Waals surface area contributed by atoms with Crippen LogP contribution in [0.4, 0.5) is 0 Å². The molecule has 18 heavy (non-hydrogen) atoms. The normalized spacial score (nSPS) is 23.3. The summed E-state index contributed by atoms with van der Waals surface area (Å²) >= 11 is 0. The minimum atomic E-state index is -0.763. The van der Waals surface area contributed by atoms with Gasteiger partial charge in [0.1, 0.15) is 0 Å². The summed E-state index contributed by atoms with van der Waals surface area (Å²) in [6.07, 6.45) is 2.81. The third-order valence-corrected chi connectivity index (χ3v) is 3.61. The van der Waals surface area contributed by atoms with Crippen LogP contribution in [-0.2, 0) is 9.59 Å². The van der Waals surface area contributed by atoms with Gasteiger partial charge in [-0.2, -0.15) is 0 Å². The van der Waals surface area contributed by atoms with E-state index in [1.54, 1.807) is 4.90 Å². The Bertz CT molecular complexity index is 305. The number of rotatable bonds is 6. The Morgan fingerprint density at radius 1 is 1.11 bits per heavy atom. The van der Waals surface area contributed by atoms with Gasteiger partial charge in [0.2, 0.25) is 5.91 Å². The van der Waals surface area contributed by atoms with Crippen LogP contribution in [0.25, 0.3) is 0 Å². The summed E-state index contributed by atoms with van der Waals surface area (Å²) in [6, 6.07) is 0. The number of carboxylic acid groups (broad SMARTS) is 1. The number of aliphatic carboxylic acids is 1. The van der Waals surface area contributed by atoms with Crippen molar-refractivity contribution in [2.75, 3.05) is 34.2 Å². The van der Waals surface area contributed by atoms with E-state index in [0.29, 0.717) is 19.3 Å². The molecular formula is C13H24N2O3. The number of nitrogens with zero attached hydrogens (tertiary/aromatic N) is 2. The number of amides is 1. The summed E-state index contributed by atoms with van der Waals surface area (Å²) in [7, 11) is 5.83. The van der Waals surface area contributed by atoms with Crippen LogP contribution in [-0.4, -0.2) is 61.0 Å². The van der Waals surface area contributed by atoms with Gasteiger partial charge in [0.05, 0.1) is 5.92 Å². The molecule has 1 saturated carbocycles. The molecule has 0 spiro atoms. The highest BCUT2D eigenvalue weighted by atomic mass is 16.4. The van der Waals surface area contributed by atoms with Crippen LogP contribution in [0.15, 0.2) is 0 Å². The lowest BCUT2D eigenvalue weighted by Crippen LogP contribution is -2.34. The molecule has 104 valence electrons. The molecule has 2 unspecified atom stereocenters. The van der Waals surface area contributed by atoms with Gasteiger partial charge in [0, 0.05) is 19.5 Å². The van der Waals surface area contributed by atoms with Gasteiger partial charge in [0.25, 0.3) is 0 Å². The smallest absolute Gasteiger partial charge is 0.306 e. The lowest BCUT2D eigenvalue weighted by molar-refractivity contribution is -0.141. The molecule has 0 bridgehead atoms. The van der Waals surface area contributed by atoms with E-state index >= 15 is 0 Å². The lowest BCUT2D eigenvalue weighted by Gasteiger charge is -2.21. The van der Waals surface area contributed by atoms with Crippen molar-refractivity contribution in [1.29, 1.82) is 0 Å². The Hall–Kier alpha value is -1.10. The first-order valence-corrected chi connectivity index (χ1v) is 6.54. The second-order valence-corrected chi connectivity index (χ2v) is 5.46. The van der Waals surface area contributed by atoms with Crippen molar-refractivity contribution >= 4 is 11.9 Å². The predicted octanol–water partition coefficient (Wildman–Crippen LogP) is 0.897. The van der Waals surface area contributed by atoms with Crippen LogP contribution in [0.3, 0.4) is 0 Å². The second-order valence-electron chi connectivity index (χ2n) is 5.46. The number of carboxylic acids is 1.